The summed E-state index contributed by atoms with van der Waals surface area (Å²) in [4.78, 5) is 27.8. The van der Waals surface area contributed by atoms with E-state index in [1.54, 1.807) is 30.0 Å². The lowest BCUT2D eigenvalue weighted by Gasteiger charge is -2.31. The third-order valence-electron chi connectivity index (χ3n) is 5.61. The monoisotopic (exact) mass is 584 g/mol. The molecule has 0 aromatic heterocycles. The highest BCUT2D eigenvalue weighted by molar-refractivity contribution is 9.10. The molecule has 0 saturated heterocycles. The molecule has 0 unspecified atom stereocenters. The number of hydrogen-bond donors (Lipinski definition) is 1. The number of ether oxygens (including phenoxy) is 1. The van der Waals surface area contributed by atoms with Crippen molar-refractivity contribution in [1.29, 1.82) is 0 Å². The van der Waals surface area contributed by atoms with E-state index in [-0.39, 0.29) is 24.5 Å². The number of amides is 2. The number of carbonyl (C=O) groups excluding carboxylic acids is 2. The Morgan fingerprint density at radius 1 is 1.16 bits per heavy atom. The smallest absolute Gasteiger partial charge is 0.261 e. The predicted molar refractivity (Wildman–Crippen MR) is 134 cm³/mol. The van der Waals surface area contributed by atoms with E-state index in [2.05, 4.69) is 37.2 Å². The van der Waals surface area contributed by atoms with Crippen molar-refractivity contribution in [3.63, 3.8) is 0 Å². The van der Waals surface area contributed by atoms with Crippen molar-refractivity contribution in [3.05, 3.63) is 62.0 Å². The topological polar surface area (TPSA) is 58.6 Å². The molecule has 2 aromatic carbocycles. The Balaban J connectivity index is 1.72. The van der Waals surface area contributed by atoms with Crippen LogP contribution in [0.5, 0.6) is 5.75 Å². The molecular weight excluding hydrogens is 560 g/mol. The van der Waals surface area contributed by atoms with Crippen LogP contribution in [0.3, 0.4) is 0 Å². The summed E-state index contributed by atoms with van der Waals surface area (Å²) in [7, 11) is 0. The standard InChI is InChI=1S/C24H27Br2ClN2O3/c1-16(24(31)28-20-8-3-2-4-9-20)29(14-17-6-5-7-18(25)12-17)23(30)15-32-22-11-10-19(27)13-21(22)26/h5-7,10-13,16,20H,2-4,8-9,14-15H2,1H3,(H,28,31)/t16-/m0/s1. The van der Waals surface area contributed by atoms with Crippen LogP contribution in [0.15, 0.2) is 51.4 Å². The highest BCUT2D eigenvalue weighted by atomic mass is 79.9. The van der Waals surface area contributed by atoms with Crippen molar-refractivity contribution in [2.24, 2.45) is 0 Å². The summed E-state index contributed by atoms with van der Waals surface area (Å²) in [6.07, 6.45) is 5.46. The third kappa shape index (κ3) is 7.22. The quantitative estimate of drug-likeness (QED) is 0.406. The Labute approximate surface area is 211 Å². The second-order valence-electron chi connectivity index (χ2n) is 8.03. The summed E-state index contributed by atoms with van der Waals surface area (Å²) < 4.78 is 7.32. The zero-order valence-corrected chi connectivity index (χ0v) is 21.9. The second-order valence-corrected chi connectivity index (χ2v) is 10.2. The van der Waals surface area contributed by atoms with Crippen molar-refractivity contribution in [2.45, 2.75) is 57.7 Å². The molecule has 2 amide bonds. The zero-order valence-electron chi connectivity index (χ0n) is 18.0. The lowest BCUT2D eigenvalue weighted by molar-refractivity contribution is -0.142. The van der Waals surface area contributed by atoms with Crippen molar-refractivity contribution in [3.8, 4) is 5.75 Å². The number of benzene rings is 2. The van der Waals surface area contributed by atoms with Gasteiger partial charge in [-0.05, 0) is 71.6 Å². The summed E-state index contributed by atoms with van der Waals surface area (Å²) in [6.45, 7) is 1.89. The first-order valence-corrected chi connectivity index (χ1v) is 12.7. The van der Waals surface area contributed by atoms with Crippen molar-refractivity contribution in [2.75, 3.05) is 6.61 Å². The van der Waals surface area contributed by atoms with Gasteiger partial charge in [-0.15, -0.1) is 0 Å². The molecule has 1 atom stereocenters. The summed E-state index contributed by atoms with van der Waals surface area (Å²) >= 11 is 12.9. The van der Waals surface area contributed by atoms with Gasteiger partial charge < -0.3 is 15.0 Å². The number of nitrogens with zero attached hydrogens (tertiary/aromatic N) is 1. The third-order valence-corrected chi connectivity index (χ3v) is 6.95. The molecule has 0 aliphatic heterocycles. The lowest BCUT2D eigenvalue weighted by Crippen LogP contribution is -2.51. The average Bonchev–Trinajstić information content (AvgIpc) is 2.77. The van der Waals surface area contributed by atoms with Gasteiger partial charge in [-0.3, -0.25) is 9.59 Å². The minimum absolute atomic E-state index is 0.132. The Morgan fingerprint density at radius 2 is 1.91 bits per heavy atom. The molecular formula is C24H27Br2ClN2O3. The Kier molecular flexibility index (Phi) is 9.44. The van der Waals surface area contributed by atoms with Crippen LogP contribution in [-0.2, 0) is 16.1 Å². The predicted octanol–water partition coefficient (Wildman–Crippen LogP) is 6.11. The van der Waals surface area contributed by atoms with Gasteiger partial charge in [0.05, 0.1) is 4.47 Å². The van der Waals surface area contributed by atoms with E-state index in [1.165, 1.54) is 6.42 Å². The van der Waals surface area contributed by atoms with Crippen LogP contribution in [0.25, 0.3) is 0 Å². The van der Waals surface area contributed by atoms with Gasteiger partial charge in [0.15, 0.2) is 6.61 Å². The van der Waals surface area contributed by atoms with Crippen LogP contribution >= 0.6 is 43.5 Å². The van der Waals surface area contributed by atoms with Gasteiger partial charge >= 0.3 is 0 Å². The van der Waals surface area contributed by atoms with Crippen LogP contribution < -0.4 is 10.1 Å². The first kappa shape index (κ1) is 25.1. The van der Waals surface area contributed by atoms with E-state index in [0.29, 0.717) is 21.8 Å². The fourth-order valence-corrected chi connectivity index (χ4v) is 5.04. The minimum Gasteiger partial charge on any atom is -0.483 e. The van der Waals surface area contributed by atoms with E-state index < -0.39 is 6.04 Å². The van der Waals surface area contributed by atoms with Crippen LogP contribution in [-0.4, -0.2) is 35.4 Å². The number of carbonyl (C=O) groups is 2. The molecule has 5 nitrogen and oxygen atoms in total. The largest absolute Gasteiger partial charge is 0.483 e. The molecule has 0 radical (unpaired) electrons. The molecule has 1 N–H and O–H groups in total. The number of nitrogens with one attached hydrogen (secondary N) is 1. The van der Waals surface area contributed by atoms with Gasteiger partial charge in [0.1, 0.15) is 11.8 Å². The van der Waals surface area contributed by atoms with E-state index in [1.807, 2.05) is 24.3 Å². The maximum absolute atomic E-state index is 13.2. The van der Waals surface area contributed by atoms with Gasteiger partial charge in [0.25, 0.3) is 5.91 Å². The van der Waals surface area contributed by atoms with E-state index in [0.717, 1.165) is 35.7 Å². The van der Waals surface area contributed by atoms with Gasteiger partial charge in [-0.2, -0.15) is 0 Å². The summed E-state index contributed by atoms with van der Waals surface area (Å²) in [5.41, 5.74) is 0.928. The molecule has 3 rings (SSSR count). The number of hydrogen-bond acceptors (Lipinski definition) is 3. The lowest BCUT2D eigenvalue weighted by atomic mass is 9.95. The summed E-state index contributed by atoms with van der Waals surface area (Å²) in [5, 5.41) is 3.70. The molecule has 1 saturated carbocycles. The number of rotatable bonds is 8. The van der Waals surface area contributed by atoms with Crippen LogP contribution in [0.4, 0.5) is 0 Å². The fraction of sp³-hybridized carbons (Fsp3) is 0.417. The van der Waals surface area contributed by atoms with Gasteiger partial charge in [-0.1, -0.05) is 58.9 Å². The van der Waals surface area contributed by atoms with Crippen LogP contribution in [0, 0.1) is 0 Å². The highest BCUT2D eigenvalue weighted by Crippen LogP contribution is 2.28. The minimum atomic E-state index is -0.624. The van der Waals surface area contributed by atoms with E-state index in [9.17, 15) is 9.59 Å². The Morgan fingerprint density at radius 3 is 2.59 bits per heavy atom. The van der Waals surface area contributed by atoms with E-state index >= 15 is 0 Å². The molecule has 1 aliphatic rings. The molecule has 1 fully saturated rings. The molecule has 0 heterocycles. The van der Waals surface area contributed by atoms with Crippen LogP contribution in [0.1, 0.15) is 44.6 Å². The summed E-state index contributed by atoms with van der Waals surface area (Å²) in [6, 6.07) is 12.4. The zero-order chi connectivity index (χ0) is 23.1. The maximum atomic E-state index is 13.2. The SMILES string of the molecule is C[C@@H](C(=O)NC1CCCCC1)N(Cc1cccc(Br)c1)C(=O)COc1ccc(Cl)cc1Br. The normalized spacial score (nSPS) is 15.1. The molecule has 2 aromatic rings. The first-order valence-electron chi connectivity index (χ1n) is 10.8. The molecule has 0 spiro atoms. The first-order chi connectivity index (χ1) is 15.3. The van der Waals surface area contributed by atoms with Crippen molar-refractivity contribution >= 4 is 55.3 Å². The van der Waals surface area contributed by atoms with Crippen molar-refractivity contribution < 1.29 is 14.3 Å². The molecule has 8 heteroatoms. The maximum Gasteiger partial charge on any atom is 0.261 e. The van der Waals surface area contributed by atoms with Gasteiger partial charge in [0.2, 0.25) is 5.91 Å². The van der Waals surface area contributed by atoms with Gasteiger partial charge in [-0.25, -0.2) is 0 Å². The highest BCUT2D eigenvalue weighted by Gasteiger charge is 2.28. The van der Waals surface area contributed by atoms with E-state index in [4.69, 9.17) is 16.3 Å². The Bertz CT molecular complexity index is 951. The Hall–Kier alpha value is -1.57. The molecule has 172 valence electrons. The molecule has 0 bridgehead atoms. The van der Waals surface area contributed by atoms with Crippen LogP contribution in [0.2, 0.25) is 5.02 Å². The number of halogens is 3. The summed E-state index contributed by atoms with van der Waals surface area (Å²) in [5.74, 6) is 0.121. The second kappa shape index (κ2) is 12.1. The fourth-order valence-electron chi connectivity index (χ4n) is 3.80. The van der Waals surface area contributed by atoms with Gasteiger partial charge in [0, 0.05) is 22.1 Å². The van der Waals surface area contributed by atoms with Crippen molar-refractivity contribution in [1.82, 2.24) is 10.2 Å². The average molecular weight is 587 g/mol. The molecule has 1 aliphatic carbocycles. The molecule has 32 heavy (non-hydrogen) atoms.